The molecular weight excluding hydrogens is 382 g/mol. The van der Waals surface area contributed by atoms with Crippen molar-refractivity contribution in [1.82, 2.24) is 5.32 Å². The van der Waals surface area contributed by atoms with E-state index in [1.54, 1.807) is 32.4 Å². The van der Waals surface area contributed by atoms with Crippen LogP contribution in [0.4, 0.5) is 5.69 Å². The summed E-state index contributed by atoms with van der Waals surface area (Å²) in [5.74, 6) is 1.15. The fourth-order valence-electron chi connectivity index (χ4n) is 3.39. The van der Waals surface area contributed by atoms with E-state index < -0.39 is 0 Å². The number of carbonyl (C=O) groups is 1. The fraction of sp³-hybridized carbons (Fsp3) is 0.391. The molecule has 2 aromatic carbocycles. The second kappa shape index (κ2) is 10.1. The highest BCUT2D eigenvalue weighted by molar-refractivity contribution is 6.10. The number of nitrogens with zero attached hydrogens (tertiary/aromatic N) is 1. The zero-order chi connectivity index (χ0) is 21.5. The van der Waals surface area contributed by atoms with Gasteiger partial charge in [0.15, 0.2) is 0 Å². The molecule has 160 valence electrons. The number of aryl methyl sites for hydroxylation is 2. The summed E-state index contributed by atoms with van der Waals surface area (Å²) in [6.45, 7) is 5.30. The predicted molar refractivity (Wildman–Crippen MR) is 118 cm³/mol. The predicted octanol–water partition coefficient (Wildman–Crippen LogP) is 3.70. The number of carbonyl (C=O) groups excluding carboxylic acids is 1. The van der Waals surface area contributed by atoms with Crippen molar-refractivity contribution in [2.24, 2.45) is 4.99 Å². The summed E-state index contributed by atoms with van der Waals surface area (Å²) >= 11 is 0. The van der Waals surface area contributed by atoms with Crippen LogP contribution in [0.1, 0.15) is 34.3 Å². The Balaban J connectivity index is 1.82. The first-order valence-electron chi connectivity index (χ1n) is 10.0. The van der Waals surface area contributed by atoms with Gasteiger partial charge in [-0.1, -0.05) is 6.07 Å². The number of ether oxygens (including phenoxy) is 3. The van der Waals surface area contributed by atoms with Crippen LogP contribution in [0.5, 0.6) is 11.5 Å². The molecule has 1 heterocycles. The van der Waals surface area contributed by atoms with Crippen LogP contribution in [-0.4, -0.2) is 45.3 Å². The summed E-state index contributed by atoms with van der Waals surface area (Å²) in [6.07, 6.45) is 2.09. The molecule has 0 bridgehead atoms. The number of nitrogens with one attached hydrogen (secondary N) is 2. The Labute approximate surface area is 177 Å². The first-order valence-corrected chi connectivity index (χ1v) is 10.0. The maximum absolute atomic E-state index is 12.9. The van der Waals surface area contributed by atoms with Crippen LogP contribution < -0.4 is 20.1 Å². The zero-order valence-corrected chi connectivity index (χ0v) is 18.0. The molecule has 2 N–H and O–H groups in total. The lowest BCUT2D eigenvalue weighted by atomic mass is 10.1. The number of hydrogen-bond acceptors (Lipinski definition) is 5. The monoisotopic (exact) mass is 411 g/mol. The van der Waals surface area contributed by atoms with Gasteiger partial charge in [-0.2, -0.15) is 0 Å². The molecule has 1 fully saturated rings. The molecule has 0 spiro atoms. The van der Waals surface area contributed by atoms with Crippen LogP contribution >= 0.6 is 0 Å². The molecule has 2 aromatic rings. The quantitative estimate of drug-likeness (QED) is 0.560. The highest BCUT2D eigenvalue weighted by Crippen LogP contribution is 2.22. The molecule has 1 saturated heterocycles. The van der Waals surface area contributed by atoms with E-state index >= 15 is 0 Å². The van der Waals surface area contributed by atoms with E-state index in [0.717, 1.165) is 36.3 Å². The van der Waals surface area contributed by atoms with Crippen molar-refractivity contribution in [3.63, 3.8) is 0 Å². The van der Waals surface area contributed by atoms with Gasteiger partial charge < -0.3 is 19.5 Å². The Morgan fingerprint density at radius 2 is 1.73 bits per heavy atom. The van der Waals surface area contributed by atoms with Crippen LogP contribution in [0.3, 0.4) is 0 Å². The SMILES string of the molecule is COc1cc(OC)cc(C(=O)NC(=NCC2CCCO2)Nc2cc(C)cc(C)c2)c1. The number of anilines is 1. The van der Waals surface area contributed by atoms with E-state index in [-0.39, 0.29) is 12.0 Å². The van der Waals surface area contributed by atoms with Gasteiger partial charge in [-0.3, -0.25) is 10.1 Å². The van der Waals surface area contributed by atoms with E-state index in [4.69, 9.17) is 14.2 Å². The van der Waals surface area contributed by atoms with Gasteiger partial charge in [0.25, 0.3) is 5.91 Å². The molecule has 1 aliphatic heterocycles. The first kappa shape index (κ1) is 21.6. The molecule has 7 nitrogen and oxygen atoms in total. The number of benzene rings is 2. The summed E-state index contributed by atoms with van der Waals surface area (Å²) in [4.78, 5) is 17.5. The number of hydrogen-bond donors (Lipinski definition) is 2. The third kappa shape index (κ3) is 5.97. The van der Waals surface area contributed by atoms with E-state index in [2.05, 4.69) is 21.7 Å². The minimum Gasteiger partial charge on any atom is -0.497 e. The highest BCUT2D eigenvalue weighted by atomic mass is 16.5. The number of methoxy groups -OCH3 is 2. The minimum atomic E-state index is -0.310. The number of rotatable bonds is 6. The van der Waals surface area contributed by atoms with Gasteiger partial charge in [0, 0.05) is 23.9 Å². The highest BCUT2D eigenvalue weighted by Gasteiger charge is 2.17. The van der Waals surface area contributed by atoms with E-state index in [1.807, 2.05) is 26.0 Å². The maximum Gasteiger partial charge on any atom is 0.258 e. The molecule has 1 unspecified atom stereocenters. The van der Waals surface area contributed by atoms with E-state index in [9.17, 15) is 4.79 Å². The van der Waals surface area contributed by atoms with Crippen LogP contribution in [0.25, 0.3) is 0 Å². The van der Waals surface area contributed by atoms with Crippen LogP contribution in [-0.2, 0) is 4.74 Å². The van der Waals surface area contributed by atoms with E-state index in [1.165, 1.54) is 0 Å². The van der Waals surface area contributed by atoms with Crippen molar-refractivity contribution in [2.45, 2.75) is 32.8 Å². The molecule has 30 heavy (non-hydrogen) atoms. The van der Waals surface area contributed by atoms with Crippen molar-refractivity contribution in [1.29, 1.82) is 0 Å². The summed E-state index contributed by atoms with van der Waals surface area (Å²) < 4.78 is 16.2. The normalized spacial score (nSPS) is 16.3. The van der Waals surface area contributed by atoms with Crippen molar-refractivity contribution in [2.75, 3.05) is 32.7 Å². The molecule has 7 heteroatoms. The van der Waals surface area contributed by atoms with Gasteiger partial charge in [0.05, 0.1) is 26.9 Å². The van der Waals surface area contributed by atoms with E-state index in [0.29, 0.717) is 29.6 Å². The Bertz CT molecular complexity index is 878. The second-order valence-corrected chi connectivity index (χ2v) is 7.38. The zero-order valence-electron chi connectivity index (χ0n) is 18.0. The van der Waals surface area contributed by atoms with Crippen LogP contribution in [0.15, 0.2) is 41.4 Å². The van der Waals surface area contributed by atoms with Crippen molar-refractivity contribution < 1.29 is 19.0 Å². The molecule has 1 amide bonds. The van der Waals surface area contributed by atoms with Gasteiger partial charge in [-0.15, -0.1) is 0 Å². The molecule has 0 saturated carbocycles. The van der Waals surface area contributed by atoms with Crippen LogP contribution in [0.2, 0.25) is 0 Å². The summed E-state index contributed by atoms with van der Waals surface area (Å²) in [5, 5.41) is 6.12. The maximum atomic E-state index is 12.9. The number of amides is 1. The molecule has 0 aromatic heterocycles. The average Bonchev–Trinajstić information content (AvgIpc) is 3.24. The molecular formula is C23H29N3O4. The van der Waals surface area contributed by atoms with Crippen molar-refractivity contribution in [3.05, 3.63) is 53.1 Å². The lowest BCUT2D eigenvalue weighted by Crippen LogP contribution is -2.36. The summed E-state index contributed by atoms with van der Waals surface area (Å²) in [5.41, 5.74) is 3.53. The third-order valence-corrected chi connectivity index (χ3v) is 4.81. The van der Waals surface area contributed by atoms with Crippen LogP contribution in [0, 0.1) is 13.8 Å². The number of aliphatic imine (C=N–C) groups is 1. The van der Waals surface area contributed by atoms with Gasteiger partial charge in [-0.25, -0.2) is 4.99 Å². The summed E-state index contributed by atoms with van der Waals surface area (Å²) in [6, 6.07) is 11.1. The topological polar surface area (TPSA) is 81.2 Å². The standard InChI is InChI=1S/C23H29N3O4/c1-15-8-16(2)10-18(9-15)25-23(24-14-19-6-5-7-30-19)26-22(27)17-11-20(28-3)13-21(12-17)29-4/h8-13,19H,5-7,14H2,1-4H3,(H2,24,25,26,27). The van der Waals surface area contributed by atoms with Crippen molar-refractivity contribution >= 4 is 17.6 Å². The summed E-state index contributed by atoms with van der Waals surface area (Å²) in [7, 11) is 3.10. The van der Waals surface area contributed by atoms with Gasteiger partial charge in [0.1, 0.15) is 11.5 Å². The largest absolute Gasteiger partial charge is 0.497 e. The smallest absolute Gasteiger partial charge is 0.258 e. The molecule has 0 aliphatic carbocycles. The Kier molecular flexibility index (Phi) is 7.30. The fourth-order valence-corrected chi connectivity index (χ4v) is 3.39. The van der Waals surface area contributed by atoms with Gasteiger partial charge >= 0.3 is 0 Å². The molecule has 0 radical (unpaired) electrons. The lowest BCUT2D eigenvalue weighted by Gasteiger charge is -2.15. The lowest BCUT2D eigenvalue weighted by molar-refractivity contribution is 0.0975. The average molecular weight is 412 g/mol. The van der Waals surface area contributed by atoms with Gasteiger partial charge in [-0.05, 0) is 62.1 Å². The molecule has 1 aliphatic rings. The van der Waals surface area contributed by atoms with Gasteiger partial charge in [0.2, 0.25) is 5.96 Å². The number of guanidine groups is 1. The Morgan fingerprint density at radius 1 is 1.07 bits per heavy atom. The first-order chi connectivity index (χ1) is 14.5. The Hall–Kier alpha value is -3.06. The second-order valence-electron chi connectivity index (χ2n) is 7.38. The minimum absolute atomic E-state index is 0.0786. The molecule has 3 rings (SSSR count). The third-order valence-electron chi connectivity index (χ3n) is 4.81. The Morgan fingerprint density at radius 3 is 2.30 bits per heavy atom. The van der Waals surface area contributed by atoms with Crippen molar-refractivity contribution in [3.8, 4) is 11.5 Å². The molecule has 1 atom stereocenters.